The van der Waals surface area contributed by atoms with Gasteiger partial charge in [-0.05, 0) is 13.0 Å². The van der Waals surface area contributed by atoms with Crippen molar-refractivity contribution in [2.75, 3.05) is 6.54 Å². The molecule has 0 fully saturated rings. The number of hydrogen-bond acceptors (Lipinski definition) is 4. The number of carbonyl (C=O) groups excluding carboxylic acids is 1. The molecule has 1 heterocycles. The topological polar surface area (TPSA) is 99.8 Å². The Morgan fingerprint density at radius 3 is 2.69 bits per heavy atom. The number of carboxylic acids is 1. The molecule has 2 atom stereocenters. The number of aliphatic hydroxyl groups excluding tert-OH is 1. The van der Waals surface area contributed by atoms with Crippen molar-refractivity contribution in [3.05, 3.63) is 24.2 Å². The van der Waals surface area contributed by atoms with E-state index in [1.54, 1.807) is 0 Å². The summed E-state index contributed by atoms with van der Waals surface area (Å²) in [6.45, 7) is 1.24. The van der Waals surface area contributed by atoms with E-state index in [1.165, 1.54) is 25.5 Å². The second-order valence-electron chi connectivity index (χ2n) is 3.41. The number of rotatable bonds is 5. The number of aliphatic hydroxyl groups is 1. The molecule has 0 spiro atoms. The molecule has 1 rings (SSSR count). The van der Waals surface area contributed by atoms with Crippen molar-refractivity contribution in [3.63, 3.8) is 0 Å². The fourth-order valence-corrected chi connectivity index (χ4v) is 1.16. The minimum absolute atomic E-state index is 0.128. The van der Waals surface area contributed by atoms with Crippen LogP contribution in [0.5, 0.6) is 0 Å². The van der Waals surface area contributed by atoms with E-state index < -0.39 is 23.9 Å². The van der Waals surface area contributed by atoms with Crippen molar-refractivity contribution in [1.82, 2.24) is 5.32 Å². The lowest BCUT2D eigenvalue weighted by atomic mass is 10.0. The molecule has 0 aliphatic carbocycles. The van der Waals surface area contributed by atoms with Crippen LogP contribution >= 0.6 is 0 Å². The van der Waals surface area contributed by atoms with Crippen molar-refractivity contribution < 1.29 is 24.2 Å². The zero-order valence-corrected chi connectivity index (χ0v) is 8.71. The van der Waals surface area contributed by atoms with Crippen LogP contribution in [-0.4, -0.2) is 34.7 Å². The maximum absolute atomic E-state index is 11.4. The van der Waals surface area contributed by atoms with Gasteiger partial charge in [0.2, 0.25) is 0 Å². The Bertz CT molecular complexity index is 357. The van der Waals surface area contributed by atoms with E-state index in [1.807, 2.05) is 0 Å². The van der Waals surface area contributed by atoms with Gasteiger partial charge < -0.3 is 19.9 Å². The Labute approximate surface area is 91.9 Å². The Kier molecular flexibility index (Phi) is 4.07. The van der Waals surface area contributed by atoms with Crippen molar-refractivity contribution >= 4 is 11.9 Å². The first-order valence-electron chi connectivity index (χ1n) is 4.73. The van der Waals surface area contributed by atoms with E-state index in [0.717, 1.165) is 0 Å². The van der Waals surface area contributed by atoms with Crippen molar-refractivity contribution in [1.29, 1.82) is 0 Å². The lowest BCUT2D eigenvalue weighted by Gasteiger charge is -2.15. The first kappa shape index (κ1) is 12.3. The summed E-state index contributed by atoms with van der Waals surface area (Å²) in [6.07, 6.45) is 1.58. The van der Waals surface area contributed by atoms with Crippen LogP contribution in [0.15, 0.2) is 23.0 Å². The molecule has 16 heavy (non-hydrogen) atoms. The third kappa shape index (κ3) is 3.09. The van der Waals surface area contributed by atoms with E-state index in [-0.39, 0.29) is 6.54 Å². The SMILES string of the molecule is CC(O)C(CNC(=O)c1ccoc1)C(=O)O. The van der Waals surface area contributed by atoms with Crippen LogP contribution in [0.4, 0.5) is 0 Å². The molecular formula is C10H13NO5. The molecule has 6 nitrogen and oxygen atoms in total. The molecule has 3 N–H and O–H groups in total. The summed E-state index contributed by atoms with van der Waals surface area (Å²) in [7, 11) is 0. The molecule has 0 radical (unpaired) electrons. The molecule has 1 aromatic heterocycles. The normalized spacial score (nSPS) is 14.1. The molecule has 0 saturated carbocycles. The molecule has 88 valence electrons. The Hall–Kier alpha value is -1.82. The number of carbonyl (C=O) groups is 2. The highest BCUT2D eigenvalue weighted by Crippen LogP contribution is 2.04. The lowest BCUT2D eigenvalue weighted by Crippen LogP contribution is -2.38. The van der Waals surface area contributed by atoms with E-state index in [0.29, 0.717) is 5.56 Å². The molecule has 2 unspecified atom stereocenters. The third-order valence-electron chi connectivity index (χ3n) is 2.17. The van der Waals surface area contributed by atoms with Crippen molar-refractivity contribution in [3.8, 4) is 0 Å². The summed E-state index contributed by atoms with van der Waals surface area (Å²) in [4.78, 5) is 22.1. The number of hydrogen-bond donors (Lipinski definition) is 3. The zero-order chi connectivity index (χ0) is 12.1. The Morgan fingerprint density at radius 2 is 2.25 bits per heavy atom. The molecule has 0 bridgehead atoms. The fourth-order valence-electron chi connectivity index (χ4n) is 1.16. The van der Waals surface area contributed by atoms with Gasteiger partial charge in [0.1, 0.15) is 6.26 Å². The minimum Gasteiger partial charge on any atom is -0.481 e. The van der Waals surface area contributed by atoms with Crippen molar-refractivity contribution in [2.24, 2.45) is 5.92 Å². The maximum Gasteiger partial charge on any atom is 0.310 e. The maximum atomic E-state index is 11.4. The van der Waals surface area contributed by atoms with Crippen LogP contribution in [0.3, 0.4) is 0 Å². The zero-order valence-electron chi connectivity index (χ0n) is 8.71. The van der Waals surface area contributed by atoms with Gasteiger partial charge in [0.05, 0.1) is 23.8 Å². The van der Waals surface area contributed by atoms with Gasteiger partial charge in [0, 0.05) is 6.54 Å². The first-order chi connectivity index (χ1) is 7.52. The summed E-state index contributed by atoms with van der Waals surface area (Å²) in [6, 6.07) is 1.47. The number of carboxylic acid groups (broad SMARTS) is 1. The molecule has 0 aliphatic rings. The van der Waals surface area contributed by atoms with Gasteiger partial charge >= 0.3 is 5.97 Å². The van der Waals surface area contributed by atoms with Gasteiger partial charge in [0.25, 0.3) is 5.91 Å². The predicted molar refractivity (Wildman–Crippen MR) is 53.8 cm³/mol. The van der Waals surface area contributed by atoms with Crippen LogP contribution in [0.1, 0.15) is 17.3 Å². The van der Waals surface area contributed by atoms with Gasteiger partial charge in [-0.25, -0.2) is 0 Å². The second kappa shape index (κ2) is 5.32. The quantitative estimate of drug-likeness (QED) is 0.662. The third-order valence-corrected chi connectivity index (χ3v) is 2.17. The number of amides is 1. The Morgan fingerprint density at radius 1 is 1.56 bits per heavy atom. The fraction of sp³-hybridized carbons (Fsp3) is 0.400. The first-order valence-corrected chi connectivity index (χ1v) is 4.73. The van der Waals surface area contributed by atoms with Crippen LogP contribution in [-0.2, 0) is 4.79 Å². The second-order valence-corrected chi connectivity index (χ2v) is 3.41. The highest BCUT2D eigenvalue weighted by atomic mass is 16.4. The van der Waals surface area contributed by atoms with Gasteiger partial charge in [-0.15, -0.1) is 0 Å². The summed E-state index contributed by atoms with van der Waals surface area (Å²) >= 11 is 0. The lowest BCUT2D eigenvalue weighted by molar-refractivity contribution is -0.144. The van der Waals surface area contributed by atoms with E-state index in [4.69, 9.17) is 9.52 Å². The standard InChI is InChI=1S/C10H13NO5/c1-6(12)8(10(14)15)4-11-9(13)7-2-3-16-5-7/h2-3,5-6,8,12H,4H2,1H3,(H,11,13)(H,14,15). The average Bonchev–Trinajstić information content (AvgIpc) is 2.69. The predicted octanol–water partition coefficient (Wildman–Crippen LogP) is 0.0910. The van der Waals surface area contributed by atoms with Crippen LogP contribution in [0.25, 0.3) is 0 Å². The minimum atomic E-state index is -1.15. The molecule has 0 saturated heterocycles. The number of nitrogens with one attached hydrogen (secondary N) is 1. The van der Waals surface area contributed by atoms with Gasteiger partial charge in [-0.1, -0.05) is 0 Å². The summed E-state index contributed by atoms with van der Waals surface area (Å²) < 4.78 is 4.71. The highest BCUT2D eigenvalue weighted by Gasteiger charge is 2.23. The molecular weight excluding hydrogens is 214 g/mol. The highest BCUT2D eigenvalue weighted by molar-refractivity contribution is 5.93. The molecule has 0 aromatic carbocycles. The number of furan rings is 1. The van der Waals surface area contributed by atoms with Crippen LogP contribution in [0, 0.1) is 5.92 Å². The van der Waals surface area contributed by atoms with Gasteiger partial charge in [-0.3, -0.25) is 9.59 Å². The smallest absolute Gasteiger partial charge is 0.310 e. The summed E-state index contributed by atoms with van der Waals surface area (Å²) in [5.74, 6) is -2.60. The molecule has 0 aliphatic heterocycles. The van der Waals surface area contributed by atoms with Crippen molar-refractivity contribution in [2.45, 2.75) is 13.0 Å². The summed E-state index contributed by atoms with van der Waals surface area (Å²) in [5, 5.41) is 20.3. The average molecular weight is 227 g/mol. The largest absolute Gasteiger partial charge is 0.481 e. The molecule has 1 amide bonds. The van der Waals surface area contributed by atoms with Gasteiger partial charge in [0.15, 0.2) is 0 Å². The van der Waals surface area contributed by atoms with Crippen LogP contribution < -0.4 is 5.32 Å². The van der Waals surface area contributed by atoms with Gasteiger partial charge in [-0.2, -0.15) is 0 Å². The number of aliphatic carboxylic acids is 1. The van der Waals surface area contributed by atoms with E-state index >= 15 is 0 Å². The van der Waals surface area contributed by atoms with E-state index in [2.05, 4.69) is 5.32 Å². The monoisotopic (exact) mass is 227 g/mol. The van der Waals surface area contributed by atoms with Crippen LogP contribution in [0.2, 0.25) is 0 Å². The summed E-state index contributed by atoms with van der Waals surface area (Å²) in [5.41, 5.74) is 0.315. The molecule has 6 heteroatoms. The Balaban J connectivity index is 2.50. The van der Waals surface area contributed by atoms with E-state index in [9.17, 15) is 14.7 Å². The molecule has 1 aromatic rings.